The number of amides is 1. The maximum atomic E-state index is 12.5. The van der Waals surface area contributed by atoms with Crippen LogP contribution in [-0.2, 0) is 9.84 Å². The fourth-order valence-corrected chi connectivity index (χ4v) is 5.83. The van der Waals surface area contributed by atoms with Crippen molar-refractivity contribution in [2.75, 3.05) is 49.9 Å². The van der Waals surface area contributed by atoms with Crippen LogP contribution < -0.4 is 10.2 Å². The van der Waals surface area contributed by atoms with E-state index in [2.05, 4.69) is 15.1 Å². The zero-order chi connectivity index (χ0) is 22.7. The molecule has 11 heteroatoms. The Balaban J connectivity index is 0.00000306. The number of hydrogen-bond donors (Lipinski definition) is 1. The van der Waals surface area contributed by atoms with Crippen LogP contribution in [-0.4, -0.2) is 69.2 Å². The van der Waals surface area contributed by atoms with E-state index in [1.165, 1.54) is 12.1 Å². The number of carbonyl (C=O) groups is 1. The number of piperazine rings is 1. The molecule has 1 fully saturated rings. The maximum absolute atomic E-state index is 12.5. The number of nitrogens with one attached hydrogen (secondary N) is 1. The maximum Gasteiger partial charge on any atom is 0.251 e. The Bertz CT molecular complexity index is 1230. The SMILES string of the molecule is CCS(=O)(=O)c1cccc(C(=O)NCCN2CCN(c3nc4ccc(Cl)cc4s3)CC2)c1.Cl. The minimum absolute atomic E-state index is 0. The molecule has 1 aliphatic heterocycles. The Morgan fingerprint density at radius 3 is 2.64 bits per heavy atom. The van der Waals surface area contributed by atoms with Crippen molar-refractivity contribution in [2.24, 2.45) is 0 Å². The summed E-state index contributed by atoms with van der Waals surface area (Å²) in [5.41, 5.74) is 1.33. The number of carbonyl (C=O) groups excluding carboxylic acids is 1. The molecular weight excluding hydrogens is 503 g/mol. The summed E-state index contributed by atoms with van der Waals surface area (Å²) in [6, 6.07) is 12.0. The lowest BCUT2D eigenvalue weighted by Gasteiger charge is -2.34. The zero-order valence-electron chi connectivity index (χ0n) is 18.2. The van der Waals surface area contributed by atoms with Crippen molar-refractivity contribution >= 4 is 66.4 Å². The Labute approximate surface area is 209 Å². The molecule has 0 unspecified atom stereocenters. The molecule has 0 atom stereocenters. The van der Waals surface area contributed by atoms with E-state index in [1.54, 1.807) is 30.4 Å². The van der Waals surface area contributed by atoms with Crippen LogP contribution in [0.3, 0.4) is 0 Å². The van der Waals surface area contributed by atoms with E-state index in [9.17, 15) is 13.2 Å². The van der Waals surface area contributed by atoms with Gasteiger partial charge in [-0.3, -0.25) is 9.69 Å². The van der Waals surface area contributed by atoms with Gasteiger partial charge in [-0.2, -0.15) is 0 Å². The summed E-state index contributed by atoms with van der Waals surface area (Å²) in [6.07, 6.45) is 0. The van der Waals surface area contributed by atoms with Gasteiger partial charge in [0.05, 0.1) is 20.9 Å². The summed E-state index contributed by atoms with van der Waals surface area (Å²) in [6.45, 7) is 6.35. The molecule has 3 aromatic rings. The molecule has 0 spiro atoms. The first-order valence-electron chi connectivity index (χ1n) is 10.5. The molecule has 7 nitrogen and oxygen atoms in total. The van der Waals surface area contributed by atoms with Crippen LogP contribution in [0.25, 0.3) is 10.2 Å². The highest BCUT2D eigenvalue weighted by Crippen LogP contribution is 2.31. The molecule has 1 amide bonds. The molecule has 1 N–H and O–H groups in total. The van der Waals surface area contributed by atoms with E-state index in [-0.39, 0.29) is 29.0 Å². The highest BCUT2D eigenvalue weighted by molar-refractivity contribution is 7.91. The molecule has 1 aromatic heterocycles. The summed E-state index contributed by atoms with van der Waals surface area (Å²) < 4.78 is 25.2. The lowest BCUT2D eigenvalue weighted by Crippen LogP contribution is -2.48. The van der Waals surface area contributed by atoms with Gasteiger partial charge in [0.1, 0.15) is 0 Å². The molecule has 1 saturated heterocycles. The first kappa shape index (κ1) is 25.7. The molecule has 0 bridgehead atoms. The molecule has 0 aliphatic carbocycles. The summed E-state index contributed by atoms with van der Waals surface area (Å²) in [4.78, 5) is 21.9. The normalized spacial score (nSPS) is 14.8. The molecule has 0 saturated carbocycles. The lowest BCUT2D eigenvalue weighted by atomic mass is 10.2. The topological polar surface area (TPSA) is 82.6 Å². The standard InChI is InChI=1S/C22H25ClN4O3S2.ClH/c1-2-32(29,30)18-5-3-4-16(14-18)21(28)24-8-9-26-10-12-27(13-11-26)22-25-19-7-6-17(23)15-20(19)31-22;/h3-7,14-15H,2,8-13H2,1H3,(H,24,28);1H. The molecule has 33 heavy (non-hydrogen) atoms. The second-order valence-corrected chi connectivity index (χ2v) is 11.3. The Morgan fingerprint density at radius 1 is 1.15 bits per heavy atom. The number of halogens is 2. The summed E-state index contributed by atoms with van der Waals surface area (Å²) >= 11 is 7.73. The second-order valence-electron chi connectivity index (χ2n) is 7.62. The van der Waals surface area contributed by atoms with Gasteiger partial charge in [-0.15, -0.1) is 12.4 Å². The quantitative estimate of drug-likeness (QED) is 0.503. The van der Waals surface area contributed by atoms with Crippen molar-refractivity contribution in [3.05, 3.63) is 53.1 Å². The van der Waals surface area contributed by atoms with Crippen molar-refractivity contribution in [3.8, 4) is 0 Å². The van der Waals surface area contributed by atoms with Gasteiger partial charge in [-0.05, 0) is 36.4 Å². The van der Waals surface area contributed by atoms with Gasteiger partial charge in [0.2, 0.25) is 0 Å². The number of fused-ring (bicyclic) bond motifs is 1. The average Bonchev–Trinajstić information content (AvgIpc) is 3.22. The number of hydrogen-bond acceptors (Lipinski definition) is 7. The van der Waals surface area contributed by atoms with E-state index in [0.29, 0.717) is 12.1 Å². The van der Waals surface area contributed by atoms with Gasteiger partial charge in [0.15, 0.2) is 15.0 Å². The number of nitrogens with zero attached hydrogens (tertiary/aromatic N) is 3. The molecule has 1 aliphatic rings. The molecular formula is C22H26Cl2N4O3S2. The van der Waals surface area contributed by atoms with E-state index < -0.39 is 9.84 Å². The predicted octanol–water partition coefficient (Wildman–Crippen LogP) is 3.72. The van der Waals surface area contributed by atoms with Crippen molar-refractivity contribution < 1.29 is 13.2 Å². The zero-order valence-corrected chi connectivity index (χ0v) is 21.4. The monoisotopic (exact) mass is 528 g/mol. The third-order valence-corrected chi connectivity index (χ3v) is 8.58. The highest BCUT2D eigenvalue weighted by atomic mass is 35.5. The van der Waals surface area contributed by atoms with Gasteiger partial charge in [-0.25, -0.2) is 13.4 Å². The molecule has 178 valence electrons. The fourth-order valence-electron chi connectivity index (χ4n) is 3.61. The summed E-state index contributed by atoms with van der Waals surface area (Å²) in [5.74, 6) is -0.251. The van der Waals surface area contributed by atoms with Gasteiger partial charge in [0.25, 0.3) is 5.91 Å². The largest absolute Gasteiger partial charge is 0.351 e. The van der Waals surface area contributed by atoms with Crippen LogP contribution in [0.15, 0.2) is 47.4 Å². The van der Waals surface area contributed by atoms with Crippen LogP contribution in [0, 0.1) is 0 Å². The third-order valence-electron chi connectivity index (χ3n) is 5.53. The number of rotatable bonds is 7. The number of anilines is 1. The summed E-state index contributed by atoms with van der Waals surface area (Å²) in [7, 11) is -3.33. The van der Waals surface area contributed by atoms with Gasteiger partial charge in [-0.1, -0.05) is 35.9 Å². The van der Waals surface area contributed by atoms with E-state index in [0.717, 1.165) is 53.1 Å². The lowest BCUT2D eigenvalue weighted by molar-refractivity contribution is 0.0947. The Morgan fingerprint density at radius 2 is 1.91 bits per heavy atom. The first-order chi connectivity index (χ1) is 15.4. The fraction of sp³-hybridized carbons (Fsp3) is 0.364. The van der Waals surface area contributed by atoms with E-state index in [4.69, 9.17) is 16.6 Å². The van der Waals surface area contributed by atoms with Crippen LogP contribution in [0.4, 0.5) is 5.13 Å². The van der Waals surface area contributed by atoms with Crippen LogP contribution in [0.2, 0.25) is 5.02 Å². The van der Waals surface area contributed by atoms with Gasteiger partial charge >= 0.3 is 0 Å². The van der Waals surface area contributed by atoms with E-state index >= 15 is 0 Å². The van der Waals surface area contributed by atoms with Crippen molar-refractivity contribution in [2.45, 2.75) is 11.8 Å². The second kappa shape index (κ2) is 11.0. The van der Waals surface area contributed by atoms with Crippen molar-refractivity contribution in [1.82, 2.24) is 15.2 Å². The first-order valence-corrected chi connectivity index (χ1v) is 13.3. The van der Waals surface area contributed by atoms with Crippen molar-refractivity contribution in [3.63, 3.8) is 0 Å². The molecule has 4 rings (SSSR count). The number of aromatic nitrogens is 1. The average molecular weight is 530 g/mol. The smallest absolute Gasteiger partial charge is 0.251 e. The summed E-state index contributed by atoms with van der Waals surface area (Å²) in [5, 5.41) is 4.63. The van der Waals surface area contributed by atoms with Gasteiger partial charge < -0.3 is 10.2 Å². The Hall–Kier alpha value is -1.91. The number of thiazole rings is 1. The predicted molar refractivity (Wildman–Crippen MR) is 137 cm³/mol. The van der Waals surface area contributed by atoms with Crippen LogP contribution >= 0.6 is 35.3 Å². The van der Waals surface area contributed by atoms with Gasteiger partial charge in [0, 0.05) is 49.9 Å². The molecule has 2 aromatic carbocycles. The van der Waals surface area contributed by atoms with Crippen LogP contribution in [0.1, 0.15) is 17.3 Å². The third kappa shape index (κ3) is 6.16. The number of benzene rings is 2. The number of sulfone groups is 1. The van der Waals surface area contributed by atoms with Crippen LogP contribution in [0.5, 0.6) is 0 Å². The highest BCUT2D eigenvalue weighted by Gasteiger charge is 2.20. The minimum atomic E-state index is -3.33. The van der Waals surface area contributed by atoms with Crippen molar-refractivity contribution in [1.29, 1.82) is 0 Å². The molecule has 2 heterocycles. The van der Waals surface area contributed by atoms with E-state index in [1.807, 2.05) is 18.2 Å². The molecule has 0 radical (unpaired) electrons. The minimum Gasteiger partial charge on any atom is -0.351 e. The Kier molecular flexibility index (Phi) is 8.58.